The Kier molecular flexibility index (Phi) is 2.21. The Morgan fingerprint density at radius 2 is 2.00 bits per heavy atom. The summed E-state index contributed by atoms with van der Waals surface area (Å²) in [5, 5.41) is 11.1. The van der Waals surface area contributed by atoms with Crippen LogP contribution in [0.5, 0.6) is 0 Å². The average molecular weight is 197 g/mol. The molecule has 0 heterocycles. The van der Waals surface area contributed by atoms with Crippen molar-refractivity contribution in [1.29, 1.82) is 0 Å². The third-order valence-electron chi connectivity index (χ3n) is 3.29. The van der Waals surface area contributed by atoms with E-state index in [9.17, 15) is 9.59 Å². The number of carbonyl (C=O) groups is 2. The third-order valence-corrected chi connectivity index (χ3v) is 3.29. The fourth-order valence-corrected chi connectivity index (χ4v) is 2.06. The molecule has 0 aromatic carbocycles. The van der Waals surface area contributed by atoms with Crippen molar-refractivity contribution in [1.82, 2.24) is 5.32 Å². The van der Waals surface area contributed by atoms with Crippen LogP contribution in [0.3, 0.4) is 0 Å². The fourth-order valence-electron chi connectivity index (χ4n) is 2.06. The SMILES string of the molecule is O=C(O)CC(=O)NCC1(C2CC2)CC1. The molecule has 0 unspecified atom stereocenters. The Balaban J connectivity index is 1.71. The van der Waals surface area contributed by atoms with E-state index in [0.717, 1.165) is 5.92 Å². The van der Waals surface area contributed by atoms with Gasteiger partial charge >= 0.3 is 5.97 Å². The molecule has 0 aromatic heterocycles. The summed E-state index contributed by atoms with van der Waals surface area (Å²) in [6.07, 6.45) is 4.57. The van der Waals surface area contributed by atoms with Crippen molar-refractivity contribution in [3.05, 3.63) is 0 Å². The summed E-state index contributed by atoms with van der Waals surface area (Å²) in [7, 11) is 0. The molecule has 0 aromatic rings. The molecule has 2 aliphatic rings. The summed E-state index contributed by atoms with van der Waals surface area (Å²) < 4.78 is 0. The molecule has 4 heteroatoms. The molecule has 0 radical (unpaired) electrons. The summed E-state index contributed by atoms with van der Waals surface area (Å²) in [6, 6.07) is 0. The topological polar surface area (TPSA) is 66.4 Å². The molecule has 2 N–H and O–H groups in total. The molecule has 0 aliphatic heterocycles. The fraction of sp³-hybridized carbons (Fsp3) is 0.800. The minimum Gasteiger partial charge on any atom is -0.481 e. The molecule has 0 saturated heterocycles. The van der Waals surface area contributed by atoms with Crippen LogP contribution in [0.1, 0.15) is 32.1 Å². The molecule has 78 valence electrons. The quantitative estimate of drug-likeness (QED) is 0.640. The Morgan fingerprint density at radius 3 is 2.43 bits per heavy atom. The van der Waals surface area contributed by atoms with Gasteiger partial charge in [-0.2, -0.15) is 0 Å². The lowest BCUT2D eigenvalue weighted by Gasteiger charge is -2.14. The van der Waals surface area contributed by atoms with Gasteiger partial charge in [0.05, 0.1) is 0 Å². The van der Waals surface area contributed by atoms with Crippen molar-refractivity contribution in [3.8, 4) is 0 Å². The van der Waals surface area contributed by atoms with Crippen LogP contribution in [0.25, 0.3) is 0 Å². The summed E-state index contributed by atoms with van der Waals surface area (Å²) >= 11 is 0. The zero-order chi connectivity index (χ0) is 10.2. The van der Waals surface area contributed by atoms with Gasteiger partial charge in [-0.3, -0.25) is 9.59 Å². The number of hydrogen-bond acceptors (Lipinski definition) is 2. The molecular weight excluding hydrogens is 182 g/mol. The minimum atomic E-state index is -1.06. The number of carbonyl (C=O) groups excluding carboxylic acids is 1. The molecule has 0 atom stereocenters. The standard InChI is InChI=1S/C10H15NO3/c12-8(5-9(13)14)11-6-10(3-4-10)7-1-2-7/h7H,1-6H2,(H,11,12)(H,13,14). The maximum absolute atomic E-state index is 11.1. The highest BCUT2D eigenvalue weighted by Gasteiger charge is 2.53. The van der Waals surface area contributed by atoms with E-state index in [1.807, 2.05) is 0 Å². The Labute approximate surface area is 82.7 Å². The highest BCUT2D eigenvalue weighted by molar-refractivity contribution is 5.93. The van der Waals surface area contributed by atoms with Crippen molar-refractivity contribution in [2.24, 2.45) is 11.3 Å². The predicted molar refractivity (Wildman–Crippen MR) is 49.7 cm³/mol. The van der Waals surface area contributed by atoms with Crippen molar-refractivity contribution >= 4 is 11.9 Å². The van der Waals surface area contributed by atoms with Crippen molar-refractivity contribution < 1.29 is 14.7 Å². The van der Waals surface area contributed by atoms with Crippen LogP contribution in [0.2, 0.25) is 0 Å². The molecule has 0 bridgehead atoms. The Bertz CT molecular complexity index is 267. The first-order valence-corrected chi connectivity index (χ1v) is 5.11. The van der Waals surface area contributed by atoms with Gasteiger partial charge in [-0.25, -0.2) is 0 Å². The number of hydrogen-bond donors (Lipinski definition) is 2. The molecule has 2 rings (SSSR count). The van der Waals surface area contributed by atoms with Gasteiger partial charge in [-0.05, 0) is 37.0 Å². The lowest BCUT2D eigenvalue weighted by Crippen LogP contribution is -2.32. The molecule has 4 nitrogen and oxygen atoms in total. The first-order chi connectivity index (χ1) is 6.62. The molecule has 2 fully saturated rings. The summed E-state index contributed by atoms with van der Waals surface area (Å²) in [6.45, 7) is 0.684. The third kappa shape index (κ3) is 2.05. The van der Waals surface area contributed by atoms with Gasteiger partial charge in [0.25, 0.3) is 0 Å². The lowest BCUT2D eigenvalue weighted by molar-refractivity contribution is -0.140. The summed E-state index contributed by atoms with van der Waals surface area (Å²) in [5.41, 5.74) is 0.355. The zero-order valence-electron chi connectivity index (χ0n) is 8.08. The molecule has 2 saturated carbocycles. The predicted octanol–water partition coefficient (Wildman–Crippen LogP) is 0.767. The van der Waals surface area contributed by atoms with Crippen LogP contribution in [0.15, 0.2) is 0 Å². The number of nitrogens with one attached hydrogen (secondary N) is 1. The van der Waals surface area contributed by atoms with Gasteiger partial charge < -0.3 is 10.4 Å². The van der Waals surface area contributed by atoms with Crippen LogP contribution < -0.4 is 5.32 Å². The number of carboxylic acid groups (broad SMARTS) is 1. The second-order valence-electron chi connectivity index (χ2n) is 4.48. The van der Waals surface area contributed by atoms with Crippen molar-refractivity contribution in [2.75, 3.05) is 6.54 Å². The van der Waals surface area contributed by atoms with E-state index in [0.29, 0.717) is 12.0 Å². The van der Waals surface area contributed by atoms with Gasteiger partial charge in [0.2, 0.25) is 5.91 Å². The number of amides is 1. The van der Waals surface area contributed by atoms with E-state index in [1.165, 1.54) is 25.7 Å². The summed E-state index contributed by atoms with van der Waals surface area (Å²) in [5.74, 6) is -0.615. The van der Waals surface area contributed by atoms with E-state index in [1.54, 1.807) is 0 Å². The van der Waals surface area contributed by atoms with Crippen LogP contribution in [-0.2, 0) is 9.59 Å². The second-order valence-corrected chi connectivity index (χ2v) is 4.48. The number of carboxylic acids is 1. The van der Waals surface area contributed by atoms with Crippen molar-refractivity contribution in [3.63, 3.8) is 0 Å². The van der Waals surface area contributed by atoms with Gasteiger partial charge in [0.1, 0.15) is 6.42 Å². The van der Waals surface area contributed by atoms with Crippen molar-refractivity contribution in [2.45, 2.75) is 32.1 Å². The monoisotopic (exact) mass is 197 g/mol. The molecule has 14 heavy (non-hydrogen) atoms. The lowest BCUT2D eigenvalue weighted by atomic mass is 10.0. The average Bonchev–Trinajstić information content (AvgIpc) is 2.94. The first kappa shape index (κ1) is 9.49. The van der Waals surface area contributed by atoms with Gasteiger partial charge in [-0.15, -0.1) is 0 Å². The number of rotatable bonds is 5. The van der Waals surface area contributed by atoms with Crippen LogP contribution >= 0.6 is 0 Å². The van der Waals surface area contributed by atoms with E-state index >= 15 is 0 Å². The maximum Gasteiger partial charge on any atom is 0.312 e. The molecule has 1 amide bonds. The van der Waals surface area contributed by atoms with Crippen LogP contribution in [0.4, 0.5) is 0 Å². The summed E-state index contributed by atoms with van der Waals surface area (Å²) in [4.78, 5) is 21.3. The Hall–Kier alpha value is -1.06. The highest BCUT2D eigenvalue weighted by atomic mass is 16.4. The maximum atomic E-state index is 11.1. The van der Waals surface area contributed by atoms with Gasteiger partial charge in [-0.1, -0.05) is 0 Å². The van der Waals surface area contributed by atoms with Crippen LogP contribution in [0, 0.1) is 11.3 Å². The van der Waals surface area contributed by atoms with Gasteiger partial charge in [0.15, 0.2) is 0 Å². The normalized spacial score (nSPS) is 22.9. The molecule has 2 aliphatic carbocycles. The van der Waals surface area contributed by atoms with E-state index in [-0.39, 0.29) is 5.91 Å². The van der Waals surface area contributed by atoms with E-state index in [2.05, 4.69) is 5.32 Å². The second kappa shape index (κ2) is 3.26. The largest absolute Gasteiger partial charge is 0.481 e. The smallest absolute Gasteiger partial charge is 0.312 e. The number of aliphatic carboxylic acids is 1. The molecule has 0 spiro atoms. The van der Waals surface area contributed by atoms with Gasteiger partial charge in [0, 0.05) is 6.54 Å². The molecular formula is C10H15NO3. The highest BCUT2D eigenvalue weighted by Crippen LogP contribution is 2.60. The van der Waals surface area contributed by atoms with Crippen LogP contribution in [-0.4, -0.2) is 23.5 Å². The first-order valence-electron chi connectivity index (χ1n) is 5.11. The minimum absolute atomic E-state index is 0.355. The zero-order valence-corrected chi connectivity index (χ0v) is 8.08. The van der Waals surface area contributed by atoms with E-state index < -0.39 is 12.4 Å². The Morgan fingerprint density at radius 1 is 1.36 bits per heavy atom. The van der Waals surface area contributed by atoms with E-state index in [4.69, 9.17) is 5.11 Å².